The van der Waals surface area contributed by atoms with Crippen molar-refractivity contribution in [3.05, 3.63) is 24.8 Å². The van der Waals surface area contributed by atoms with E-state index in [9.17, 15) is 4.79 Å². The van der Waals surface area contributed by atoms with E-state index in [0.717, 1.165) is 13.1 Å². The summed E-state index contributed by atoms with van der Waals surface area (Å²) in [6.45, 7) is 11.6. The van der Waals surface area contributed by atoms with Gasteiger partial charge < -0.3 is 9.47 Å². The van der Waals surface area contributed by atoms with Crippen LogP contribution in [0.3, 0.4) is 0 Å². The van der Waals surface area contributed by atoms with Crippen LogP contribution < -0.4 is 0 Å². The third-order valence-electron chi connectivity index (χ3n) is 2.18. The highest BCUT2D eigenvalue weighted by Crippen LogP contribution is 2.08. The zero-order valence-corrected chi connectivity index (χ0v) is 9.07. The molecule has 0 aromatic carbocycles. The quantitative estimate of drug-likeness (QED) is 0.394. The van der Waals surface area contributed by atoms with Gasteiger partial charge >= 0.3 is 5.97 Å². The molecule has 15 heavy (non-hydrogen) atoms. The minimum absolute atomic E-state index is 0.377. The van der Waals surface area contributed by atoms with Crippen LogP contribution in [0, 0.1) is 0 Å². The third-order valence-corrected chi connectivity index (χ3v) is 2.18. The van der Waals surface area contributed by atoms with Crippen molar-refractivity contribution < 1.29 is 14.3 Å². The Hall–Kier alpha value is -1.13. The molecule has 1 aliphatic rings. The molecule has 0 N–H and O–H groups in total. The fourth-order valence-corrected chi connectivity index (χ4v) is 1.31. The summed E-state index contributed by atoms with van der Waals surface area (Å²) >= 11 is 0. The first-order valence-electron chi connectivity index (χ1n) is 4.96. The normalized spacial score (nSPS) is 19.3. The molecule has 1 fully saturated rings. The highest BCUT2D eigenvalue weighted by Gasteiger charge is 2.21. The Morgan fingerprint density at radius 1 is 1.53 bits per heavy atom. The SMILES string of the molecule is C=CC(OC(=O)C(=C)C)N1CCOCC1. The van der Waals surface area contributed by atoms with E-state index in [1.54, 1.807) is 13.0 Å². The first kappa shape index (κ1) is 11.9. The summed E-state index contributed by atoms with van der Waals surface area (Å²) in [4.78, 5) is 13.3. The van der Waals surface area contributed by atoms with Crippen LogP contribution in [0.1, 0.15) is 6.92 Å². The summed E-state index contributed by atoms with van der Waals surface area (Å²) in [5.74, 6) is -0.383. The predicted octanol–water partition coefficient (Wildman–Crippen LogP) is 0.950. The van der Waals surface area contributed by atoms with Crippen LogP contribution in [0.15, 0.2) is 24.8 Å². The Bertz CT molecular complexity index is 257. The molecule has 0 spiro atoms. The zero-order valence-electron chi connectivity index (χ0n) is 9.07. The molecule has 1 heterocycles. The number of hydrogen-bond acceptors (Lipinski definition) is 4. The van der Waals surface area contributed by atoms with Crippen LogP contribution in [0.5, 0.6) is 0 Å². The van der Waals surface area contributed by atoms with E-state index >= 15 is 0 Å². The molecule has 1 aliphatic heterocycles. The Balaban J connectivity index is 2.50. The van der Waals surface area contributed by atoms with E-state index in [0.29, 0.717) is 18.8 Å². The molecule has 1 atom stereocenters. The number of esters is 1. The van der Waals surface area contributed by atoms with Crippen molar-refractivity contribution in [3.63, 3.8) is 0 Å². The third kappa shape index (κ3) is 3.49. The van der Waals surface area contributed by atoms with Crippen molar-refractivity contribution in [1.29, 1.82) is 0 Å². The van der Waals surface area contributed by atoms with Crippen molar-refractivity contribution in [2.24, 2.45) is 0 Å². The molecule has 0 aliphatic carbocycles. The summed E-state index contributed by atoms with van der Waals surface area (Å²) in [6, 6.07) is 0. The van der Waals surface area contributed by atoms with Gasteiger partial charge in [-0.2, -0.15) is 0 Å². The zero-order chi connectivity index (χ0) is 11.3. The summed E-state index contributed by atoms with van der Waals surface area (Å²) in [7, 11) is 0. The van der Waals surface area contributed by atoms with Gasteiger partial charge in [0.15, 0.2) is 6.23 Å². The molecule has 0 bridgehead atoms. The maximum Gasteiger partial charge on any atom is 0.334 e. The molecule has 0 radical (unpaired) electrons. The smallest absolute Gasteiger partial charge is 0.334 e. The molecule has 1 saturated heterocycles. The minimum Gasteiger partial charge on any atom is -0.439 e. The first-order valence-corrected chi connectivity index (χ1v) is 4.96. The van der Waals surface area contributed by atoms with Gasteiger partial charge in [0.1, 0.15) is 0 Å². The number of carbonyl (C=O) groups excluding carboxylic acids is 1. The maximum atomic E-state index is 11.3. The van der Waals surface area contributed by atoms with Crippen LogP contribution in [0.25, 0.3) is 0 Å². The van der Waals surface area contributed by atoms with E-state index in [1.807, 2.05) is 4.90 Å². The molecular weight excluding hydrogens is 194 g/mol. The summed E-state index contributed by atoms with van der Waals surface area (Å²) in [5.41, 5.74) is 0.398. The highest BCUT2D eigenvalue weighted by atomic mass is 16.6. The monoisotopic (exact) mass is 211 g/mol. The van der Waals surface area contributed by atoms with Gasteiger partial charge in [0.05, 0.1) is 13.2 Å². The second-order valence-electron chi connectivity index (χ2n) is 3.46. The van der Waals surface area contributed by atoms with E-state index < -0.39 is 0 Å². The van der Waals surface area contributed by atoms with E-state index in [4.69, 9.17) is 9.47 Å². The number of hydrogen-bond donors (Lipinski definition) is 0. The van der Waals surface area contributed by atoms with Gasteiger partial charge in [-0.15, -0.1) is 0 Å². The average Bonchev–Trinajstić information content (AvgIpc) is 2.26. The Morgan fingerprint density at radius 2 is 2.13 bits per heavy atom. The lowest BCUT2D eigenvalue weighted by Gasteiger charge is -2.31. The standard InChI is InChI=1S/C11H17NO3/c1-4-10(15-11(13)9(2)3)12-5-7-14-8-6-12/h4,10H,1-2,5-8H2,3H3. The second kappa shape index (κ2) is 5.68. The molecule has 0 aromatic rings. The van der Waals surface area contributed by atoms with E-state index in [2.05, 4.69) is 13.2 Å². The van der Waals surface area contributed by atoms with Crippen LogP contribution in [0.2, 0.25) is 0 Å². The number of ether oxygens (including phenoxy) is 2. The van der Waals surface area contributed by atoms with E-state index in [1.165, 1.54) is 0 Å². The summed E-state index contributed by atoms with van der Waals surface area (Å²) < 4.78 is 10.4. The molecular formula is C11H17NO3. The number of nitrogens with zero attached hydrogens (tertiary/aromatic N) is 1. The van der Waals surface area contributed by atoms with Crippen LogP contribution in [-0.2, 0) is 14.3 Å². The topological polar surface area (TPSA) is 38.8 Å². The lowest BCUT2D eigenvalue weighted by atomic mass is 10.3. The Kier molecular flexibility index (Phi) is 4.52. The van der Waals surface area contributed by atoms with Crippen molar-refractivity contribution in [1.82, 2.24) is 4.90 Å². The van der Waals surface area contributed by atoms with Gasteiger partial charge in [0.25, 0.3) is 0 Å². The molecule has 0 saturated carbocycles. The molecule has 1 unspecified atom stereocenters. The summed E-state index contributed by atoms with van der Waals surface area (Å²) in [6.07, 6.45) is 1.24. The molecule has 84 valence electrons. The number of carbonyl (C=O) groups is 1. The molecule has 4 nitrogen and oxygen atoms in total. The van der Waals surface area contributed by atoms with Gasteiger partial charge in [-0.3, -0.25) is 4.90 Å². The van der Waals surface area contributed by atoms with Crippen LogP contribution >= 0.6 is 0 Å². The lowest BCUT2D eigenvalue weighted by Crippen LogP contribution is -2.44. The van der Waals surface area contributed by atoms with Gasteiger partial charge in [0, 0.05) is 18.7 Å². The molecule has 0 aromatic heterocycles. The average molecular weight is 211 g/mol. The van der Waals surface area contributed by atoms with Crippen molar-refractivity contribution in [2.45, 2.75) is 13.2 Å². The van der Waals surface area contributed by atoms with Gasteiger partial charge in [0.2, 0.25) is 0 Å². The fraction of sp³-hybridized carbons (Fsp3) is 0.545. The predicted molar refractivity (Wildman–Crippen MR) is 57.3 cm³/mol. The molecule has 4 heteroatoms. The fourth-order valence-electron chi connectivity index (χ4n) is 1.31. The lowest BCUT2D eigenvalue weighted by molar-refractivity contribution is -0.153. The van der Waals surface area contributed by atoms with Gasteiger partial charge in [-0.1, -0.05) is 13.2 Å². The number of rotatable bonds is 4. The van der Waals surface area contributed by atoms with E-state index in [-0.39, 0.29) is 12.2 Å². The first-order chi connectivity index (χ1) is 7.15. The van der Waals surface area contributed by atoms with Crippen molar-refractivity contribution in [2.75, 3.05) is 26.3 Å². The largest absolute Gasteiger partial charge is 0.439 e. The number of morpholine rings is 1. The van der Waals surface area contributed by atoms with Crippen LogP contribution in [-0.4, -0.2) is 43.4 Å². The summed E-state index contributed by atoms with van der Waals surface area (Å²) in [5, 5.41) is 0. The molecule has 1 rings (SSSR count). The maximum absolute atomic E-state index is 11.3. The van der Waals surface area contributed by atoms with Crippen LogP contribution in [0.4, 0.5) is 0 Å². The highest BCUT2D eigenvalue weighted by molar-refractivity contribution is 5.87. The van der Waals surface area contributed by atoms with Gasteiger partial charge in [-0.05, 0) is 13.0 Å². The van der Waals surface area contributed by atoms with Crippen molar-refractivity contribution >= 4 is 5.97 Å². The Labute approximate surface area is 90.2 Å². The van der Waals surface area contributed by atoms with Crippen molar-refractivity contribution in [3.8, 4) is 0 Å². The Morgan fingerprint density at radius 3 is 2.60 bits per heavy atom. The molecule has 0 amide bonds. The second-order valence-corrected chi connectivity index (χ2v) is 3.46. The van der Waals surface area contributed by atoms with Gasteiger partial charge in [-0.25, -0.2) is 4.79 Å². The minimum atomic E-state index is -0.383.